The molecule has 0 aliphatic heterocycles. The molecule has 2 aromatic carbocycles. The van der Waals surface area contributed by atoms with Gasteiger partial charge in [-0.1, -0.05) is 41.5 Å². The molecule has 1 atom stereocenters. The van der Waals surface area contributed by atoms with E-state index in [1.165, 1.54) is 5.57 Å². The highest BCUT2D eigenvalue weighted by molar-refractivity contribution is 6.31. The second kappa shape index (κ2) is 7.99. The van der Waals surface area contributed by atoms with Crippen LogP contribution in [-0.2, 0) is 0 Å². The predicted molar refractivity (Wildman–Crippen MR) is 103 cm³/mol. The number of allylic oxidation sites excluding steroid dienone is 2. The van der Waals surface area contributed by atoms with Gasteiger partial charge in [-0.2, -0.15) is 20.5 Å². The van der Waals surface area contributed by atoms with Crippen molar-refractivity contribution in [3.8, 4) is 0 Å². The van der Waals surface area contributed by atoms with Gasteiger partial charge in [-0.05, 0) is 62.2 Å². The number of aryl methyl sites for hydroxylation is 1. The summed E-state index contributed by atoms with van der Waals surface area (Å²) in [6, 6.07) is 13.2. The molecule has 0 heterocycles. The molecule has 2 aromatic rings. The topological polar surface area (TPSA) is 49.4 Å². The Morgan fingerprint density at radius 3 is 2.16 bits per heavy atom. The van der Waals surface area contributed by atoms with Gasteiger partial charge in [0.1, 0.15) is 0 Å². The molecule has 0 amide bonds. The monoisotopic (exact) mass is 350 g/mol. The highest BCUT2D eigenvalue weighted by Gasteiger charge is 2.04. The summed E-state index contributed by atoms with van der Waals surface area (Å²) < 4.78 is 0. The van der Waals surface area contributed by atoms with Crippen LogP contribution in [0.5, 0.6) is 0 Å². The van der Waals surface area contributed by atoms with E-state index < -0.39 is 0 Å². The summed E-state index contributed by atoms with van der Waals surface area (Å²) in [6.45, 7) is 4.04. The smallest absolute Gasteiger partial charge is 0.0930 e. The maximum Gasteiger partial charge on any atom is 0.0930 e. The van der Waals surface area contributed by atoms with Gasteiger partial charge in [-0.15, -0.1) is 0 Å². The fourth-order valence-corrected chi connectivity index (χ4v) is 2.46. The van der Waals surface area contributed by atoms with Crippen LogP contribution in [0.15, 0.2) is 86.7 Å². The van der Waals surface area contributed by atoms with Crippen molar-refractivity contribution in [1.29, 1.82) is 0 Å². The molecule has 25 heavy (non-hydrogen) atoms. The Balaban J connectivity index is 1.63. The molecule has 0 radical (unpaired) electrons. The van der Waals surface area contributed by atoms with Crippen LogP contribution in [-0.4, -0.2) is 6.04 Å². The van der Waals surface area contributed by atoms with Crippen LogP contribution in [0.2, 0.25) is 5.02 Å². The van der Waals surface area contributed by atoms with Gasteiger partial charge in [0.05, 0.1) is 23.1 Å². The van der Waals surface area contributed by atoms with Crippen molar-refractivity contribution in [2.24, 2.45) is 20.5 Å². The molecule has 1 aliphatic rings. The molecule has 0 aromatic heterocycles. The van der Waals surface area contributed by atoms with Gasteiger partial charge < -0.3 is 0 Å². The first-order chi connectivity index (χ1) is 12.1. The third-order valence-corrected chi connectivity index (χ3v) is 4.28. The van der Waals surface area contributed by atoms with Crippen molar-refractivity contribution < 1.29 is 0 Å². The van der Waals surface area contributed by atoms with E-state index in [4.69, 9.17) is 11.6 Å². The fraction of sp³-hybridized carbons (Fsp3) is 0.200. The molecule has 0 fully saturated rings. The van der Waals surface area contributed by atoms with Crippen LogP contribution in [0, 0.1) is 6.92 Å². The van der Waals surface area contributed by atoms with E-state index in [1.807, 2.05) is 43.3 Å². The number of nitrogens with zero attached hydrogens (tertiary/aromatic N) is 4. The number of rotatable bonds is 4. The molecule has 0 spiro atoms. The minimum absolute atomic E-state index is 0.120. The minimum atomic E-state index is 0.120. The van der Waals surface area contributed by atoms with Gasteiger partial charge in [0.25, 0.3) is 0 Å². The second-order valence-electron chi connectivity index (χ2n) is 5.98. The van der Waals surface area contributed by atoms with Gasteiger partial charge >= 0.3 is 0 Å². The Kier molecular flexibility index (Phi) is 5.51. The molecular weight excluding hydrogens is 332 g/mol. The maximum atomic E-state index is 6.09. The lowest BCUT2D eigenvalue weighted by Gasteiger charge is -2.08. The van der Waals surface area contributed by atoms with E-state index in [0.29, 0.717) is 5.02 Å². The zero-order chi connectivity index (χ0) is 17.6. The molecule has 5 heteroatoms. The van der Waals surface area contributed by atoms with E-state index in [9.17, 15) is 0 Å². The Morgan fingerprint density at radius 1 is 0.880 bits per heavy atom. The quantitative estimate of drug-likeness (QED) is 0.515. The molecule has 1 unspecified atom stereocenters. The number of halogens is 1. The summed E-state index contributed by atoms with van der Waals surface area (Å²) in [5.41, 5.74) is 4.58. The van der Waals surface area contributed by atoms with Gasteiger partial charge in [-0.25, -0.2) is 0 Å². The van der Waals surface area contributed by atoms with Crippen molar-refractivity contribution in [2.45, 2.75) is 26.3 Å². The Morgan fingerprint density at radius 2 is 1.52 bits per heavy atom. The second-order valence-corrected chi connectivity index (χ2v) is 6.38. The van der Waals surface area contributed by atoms with E-state index in [-0.39, 0.29) is 6.04 Å². The van der Waals surface area contributed by atoms with Crippen LogP contribution in [0.3, 0.4) is 0 Å². The van der Waals surface area contributed by atoms with E-state index in [1.54, 1.807) is 6.07 Å². The molecule has 0 saturated carbocycles. The molecule has 0 saturated heterocycles. The van der Waals surface area contributed by atoms with Crippen molar-refractivity contribution in [3.63, 3.8) is 0 Å². The lowest BCUT2D eigenvalue weighted by Crippen LogP contribution is -2.00. The fourth-order valence-electron chi connectivity index (χ4n) is 2.29. The highest BCUT2D eigenvalue weighted by atomic mass is 35.5. The Hall–Kier alpha value is -2.59. The summed E-state index contributed by atoms with van der Waals surface area (Å²) >= 11 is 6.09. The van der Waals surface area contributed by atoms with E-state index in [2.05, 4.69) is 45.6 Å². The summed E-state index contributed by atoms with van der Waals surface area (Å²) in [7, 11) is 0. The molecule has 0 bridgehead atoms. The van der Waals surface area contributed by atoms with Gasteiger partial charge in [0.2, 0.25) is 0 Å². The van der Waals surface area contributed by atoms with E-state index in [0.717, 1.165) is 29.0 Å². The van der Waals surface area contributed by atoms with Crippen molar-refractivity contribution in [3.05, 3.63) is 76.9 Å². The zero-order valence-corrected chi connectivity index (χ0v) is 15.0. The lowest BCUT2D eigenvalue weighted by atomic mass is 10.1. The third kappa shape index (κ3) is 4.94. The van der Waals surface area contributed by atoms with Crippen LogP contribution in [0.4, 0.5) is 17.1 Å². The standard InChI is InChI=1S/C20H19ClN4/c1-14-3-6-16(7-4-14)22-23-17-9-11-18(12-10-17)24-25-19-8-5-15(2)20(21)13-19/h3-6,8-13,16H,7H2,1-2H3. The molecule has 3 rings (SSSR count). The summed E-state index contributed by atoms with van der Waals surface area (Å²) in [6.07, 6.45) is 7.23. The highest BCUT2D eigenvalue weighted by Crippen LogP contribution is 2.25. The average molecular weight is 351 g/mol. The molecule has 4 nitrogen and oxygen atoms in total. The Labute approximate surface area is 152 Å². The van der Waals surface area contributed by atoms with Crippen molar-refractivity contribution in [1.82, 2.24) is 0 Å². The molecule has 126 valence electrons. The first-order valence-corrected chi connectivity index (χ1v) is 8.52. The SMILES string of the molecule is CC1=CCC(N=Nc2ccc(N=Nc3ccc(C)c(Cl)c3)cc2)C=C1. The number of azo groups is 2. The maximum absolute atomic E-state index is 6.09. The molecule has 0 N–H and O–H groups in total. The first-order valence-electron chi connectivity index (χ1n) is 8.14. The predicted octanol–water partition coefficient (Wildman–Crippen LogP) is 7.42. The summed E-state index contributed by atoms with van der Waals surface area (Å²) in [5.74, 6) is 0. The lowest BCUT2D eigenvalue weighted by molar-refractivity contribution is 0.770. The number of hydrogen-bond donors (Lipinski definition) is 0. The van der Waals surface area contributed by atoms with Gasteiger partial charge in [0, 0.05) is 5.02 Å². The average Bonchev–Trinajstić information content (AvgIpc) is 2.63. The summed E-state index contributed by atoms with van der Waals surface area (Å²) in [4.78, 5) is 0. The van der Waals surface area contributed by atoms with Crippen LogP contribution < -0.4 is 0 Å². The molecule has 1 aliphatic carbocycles. The van der Waals surface area contributed by atoms with Gasteiger partial charge in [0.15, 0.2) is 0 Å². The van der Waals surface area contributed by atoms with E-state index >= 15 is 0 Å². The summed E-state index contributed by atoms with van der Waals surface area (Å²) in [5, 5.41) is 17.8. The first kappa shape index (κ1) is 17.2. The third-order valence-electron chi connectivity index (χ3n) is 3.87. The Bertz CT molecular complexity index is 864. The number of benzene rings is 2. The van der Waals surface area contributed by atoms with Crippen LogP contribution in [0.25, 0.3) is 0 Å². The minimum Gasteiger partial charge on any atom is -0.181 e. The number of hydrogen-bond acceptors (Lipinski definition) is 4. The van der Waals surface area contributed by atoms with Crippen LogP contribution in [0.1, 0.15) is 18.9 Å². The zero-order valence-electron chi connectivity index (χ0n) is 14.2. The van der Waals surface area contributed by atoms with Crippen molar-refractivity contribution >= 4 is 28.7 Å². The molecular formula is C20H19ClN4. The van der Waals surface area contributed by atoms with Crippen LogP contribution >= 0.6 is 11.6 Å². The van der Waals surface area contributed by atoms with Crippen molar-refractivity contribution in [2.75, 3.05) is 0 Å². The largest absolute Gasteiger partial charge is 0.181 e. The van der Waals surface area contributed by atoms with Gasteiger partial charge in [-0.3, -0.25) is 0 Å². The normalized spacial score (nSPS) is 17.4.